The van der Waals surface area contributed by atoms with Crippen molar-refractivity contribution in [3.05, 3.63) is 58.2 Å². The van der Waals surface area contributed by atoms with Crippen LogP contribution in [-0.4, -0.2) is 52.4 Å². The standard InChI is InChI=1S/C25H32N6O4.2ClH/c1-16-18(28-20(32)9-7-13-26)10-11-19-21(16)22(33)35-24(29-19)30-25(2,3)23(34)31(4)15-12-17-8-5-6-14-27-17;;/h5-6,8,10-11,14H,7,9,12-13,15,26H2,1-4H3,(H,28,32)(H,29,30);2*1H. The van der Waals surface area contributed by atoms with Gasteiger partial charge in [-0.25, -0.2) is 4.79 Å². The number of nitrogens with zero attached hydrogens (tertiary/aromatic N) is 3. The molecule has 0 spiro atoms. The molecule has 2 amide bonds. The Labute approximate surface area is 228 Å². The first kappa shape index (κ1) is 31.8. The molecule has 0 radical (unpaired) electrons. The number of pyridine rings is 1. The third kappa shape index (κ3) is 8.14. The Morgan fingerprint density at radius 2 is 1.89 bits per heavy atom. The average molecular weight is 553 g/mol. The molecule has 3 rings (SSSR count). The van der Waals surface area contributed by atoms with Crippen molar-refractivity contribution in [1.29, 1.82) is 0 Å². The van der Waals surface area contributed by atoms with Gasteiger partial charge in [-0.05, 0) is 63.6 Å². The number of nitrogens with one attached hydrogen (secondary N) is 2. The topological polar surface area (TPSA) is 143 Å². The van der Waals surface area contributed by atoms with Gasteiger partial charge in [0.25, 0.3) is 6.01 Å². The average Bonchev–Trinajstić information content (AvgIpc) is 2.82. The van der Waals surface area contributed by atoms with Crippen LogP contribution in [0.5, 0.6) is 0 Å². The van der Waals surface area contributed by atoms with Crippen molar-refractivity contribution in [2.75, 3.05) is 30.8 Å². The van der Waals surface area contributed by atoms with Gasteiger partial charge in [0.05, 0.1) is 10.9 Å². The van der Waals surface area contributed by atoms with Crippen LogP contribution in [0.25, 0.3) is 10.9 Å². The van der Waals surface area contributed by atoms with Gasteiger partial charge in [0.1, 0.15) is 5.54 Å². The quantitative estimate of drug-likeness (QED) is 0.347. The zero-order valence-corrected chi connectivity index (χ0v) is 23.0. The second-order valence-corrected chi connectivity index (χ2v) is 8.93. The molecular weight excluding hydrogens is 519 g/mol. The molecule has 0 atom stereocenters. The van der Waals surface area contributed by atoms with Gasteiger partial charge in [-0.3, -0.25) is 14.6 Å². The molecule has 0 aliphatic rings. The lowest BCUT2D eigenvalue weighted by Gasteiger charge is -2.30. The van der Waals surface area contributed by atoms with E-state index < -0.39 is 11.2 Å². The molecule has 202 valence electrons. The number of anilines is 2. The van der Waals surface area contributed by atoms with Gasteiger partial charge in [-0.15, -0.1) is 24.8 Å². The van der Waals surface area contributed by atoms with Crippen LogP contribution in [0, 0.1) is 6.92 Å². The lowest BCUT2D eigenvalue weighted by Crippen LogP contribution is -2.49. The molecule has 0 aliphatic heterocycles. The van der Waals surface area contributed by atoms with E-state index in [1.54, 1.807) is 51.0 Å². The first-order valence-electron chi connectivity index (χ1n) is 11.5. The van der Waals surface area contributed by atoms with Crippen LogP contribution in [0.1, 0.15) is 37.9 Å². The second kappa shape index (κ2) is 13.9. The molecular formula is C25H34Cl2N6O4. The lowest BCUT2D eigenvalue weighted by molar-refractivity contribution is -0.133. The molecule has 37 heavy (non-hydrogen) atoms. The summed E-state index contributed by atoms with van der Waals surface area (Å²) in [5.41, 5.74) is 6.12. The summed E-state index contributed by atoms with van der Waals surface area (Å²) in [6, 6.07) is 8.93. The SMILES string of the molecule is Cc1c(NC(=O)CCCN)ccc2nc(NC(C)(C)C(=O)N(C)CCc3ccccn3)oc(=O)c12.Cl.Cl. The molecule has 0 aliphatic carbocycles. The Morgan fingerprint density at radius 1 is 1.16 bits per heavy atom. The summed E-state index contributed by atoms with van der Waals surface area (Å²) in [7, 11) is 1.71. The van der Waals surface area contributed by atoms with Gasteiger partial charge in [-0.1, -0.05) is 6.07 Å². The van der Waals surface area contributed by atoms with E-state index in [1.807, 2.05) is 18.2 Å². The van der Waals surface area contributed by atoms with Gasteiger partial charge in [0.15, 0.2) is 0 Å². The van der Waals surface area contributed by atoms with Gasteiger partial charge in [0, 0.05) is 44.0 Å². The summed E-state index contributed by atoms with van der Waals surface area (Å²) in [4.78, 5) is 48.2. The van der Waals surface area contributed by atoms with Crippen molar-refractivity contribution >= 4 is 59.2 Å². The summed E-state index contributed by atoms with van der Waals surface area (Å²) in [6.07, 6.45) is 3.20. The summed E-state index contributed by atoms with van der Waals surface area (Å²) in [6.45, 7) is 6.02. The van der Waals surface area contributed by atoms with E-state index in [-0.39, 0.29) is 48.0 Å². The number of carbonyl (C=O) groups excluding carboxylic acids is 2. The van der Waals surface area contributed by atoms with Crippen molar-refractivity contribution in [3.63, 3.8) is 0 Å². The van der Waals surface area contributed by atoms with Gasteiger partial charge >= 0.3 is 5.63 Å². The molecule has 0 saturated carbocycles. The fraction of sp³-hybridized carbons (Fsp3) is 0.400. The third-order valence-electron chi connectivity index (χ3n) is 5.67. The molecule has 4 N–H and O–H groups in total. The van der Waals surface area contributed by atoms with E-state index >= 15 is 0 Å². The maximum atomic E-state index is 13.1. The number of aryl methyl sites for hydroxylation is 1. The van der Waals surface area contributed by atoms with Crippen molar-refractivity contribution in [2.24, 2.45) is 5.73 Å². The Kier molecular flexibility index (Phi) is 12.0. The number of halogens is 2. The molecule has 1 aromatic carbocycles. The fourth-order valence-electron chi connectivity index (χ4n) is 3.71. The molecule has 10 nitrogen and oxygen atoms in total. The van der Waals surface area contributed by atoms with Crippen molar-refractivity contribution in [3.8, 4) is 0 Å². The van der Waals surface area contributed by atoms with Crippen LogP contribution >= 0.6 is 24.8 Å². The van der Waals surface area contributed by atoms with Crippen LogP contribution in [0.15, 0.2) is 45.7 Å². The second-order valence-electron chi connectivity index (χ2n) is 8.93. The number of carbonyl (C=O) groups is 2. The summed E-state index contributed by atoms with van der Waals surface area (Å²) in [5, 5.41) is 6.02. The van der Waals surface area contributed by atoms with E-state index in [1.165, 1.54) is 0 Å². The van der Waals surface area contributed by atoms with E-state index in [9.17, 15) is 14.4 Å². The maximum Gasteiger partial charge on any atom is 0.348 e. The number of amides is 2. The largest absolute Gasteiger partial charge is 0.389 e. The van der Waals surface area contributed by atoms with Crippen LogP contribution in [-0.2, 0) is 16.0 Å². The minimum atomic E-state index is -1.08. The van der Waals surface area contributed by atoms with Crippen LogP contribution in [0.2, 0.25) is 0 Å². The highest BCUT2D eigenvalue weighted by Gasteiger charge is 2.32. The molecule has 0 saturated heterocycles. The Hall–Kier alpha value is -3.21. The number of hydrogen-bond donors (Lipinski definition) is 3. The van der Waals surface area contributed by atoms with E-state index in [4.69, 9.17) is 10.2 Å². The highest BCUT2D eigenvalue weighted by atomic mass is 35.5. The van der Waals surface area contributed by atoms with E-state index in [0.29, 0.717) is 49.1 Å². The molecule has 2 heterocycles. The molecule has 3 aromatic rings. The fourth-order valence-corrected chi connectivity index (χ4v) is 3.71. The number of fused-ring (bicyclic) bond motifs is 1. The first-order valence-corrected chi connectivity index (χ1v) is 11.5. The predicted molar refractivity (Wildman–Crippen MR) is 150 cm³/mol. The Balaban J connectivity index is 0.00000342. The van der Waals surface area contributed by atoms with Crippen molar-refractivity contribution in [2.45, 2.75) is 45.6 Å². The number of rotatable bonds is 10. The van der Waals surface area contributed by atoms with Gasteiger partial charge in [-0.2, -0.15) is 4.98 Å². The van der Waals surface area contributed by atoms with Crippen LogP contribution in [0.4, 0.5) is 11.7 Å². The third-order valence-corrected chi connectivity index (χ3v) is 5.67. The summed E-state index contributed by atoms with van der Waals surface area (Å²) < 4.78 is 5.40. The zero-order chi connectivity index (χ0) is 25.6. The summed E-state index contributed by atoms with van der Waals surface area (Å²) in [5.74, 6) is -0.370. The molecule has 2 aromatic heterocycles. The van der Waals surface area contributed by atoms with Crippen molar-refractivity contribution in [1.82, 2.24) is 14.9 Å². The smallest absolute Gasteiger partial charge is 0.348 e. The normalized spacial score (nSPS) is 10.7. The van der Waals surface area contributed by atoms with Gasteiger partial charge in [0.2, 0.25) is 11.8 Å². The number of nitrogens with two attached hydrogens (primary N) is 1. The highest BCUT2D eigenvalue weighted by molar-refractivity contribution is 5.96. The minimum absolute atomic E-state index is 0. The predicted octanol–water partition coefficient (Wildman–Crippen LogP) is 3.30. The number of benzene rings is 1. The first-order chi connectivity index (χ1) is 16.6. The molecule has 12 heteroatoms. The molecule has 0 unspecified atom stereocenters. The van der Waals surface area contributed by atoms with Gasteiger partial charge < -0.3 is 25.7 Å². The number of likely N-dealkylation sites (N-methyl/N-ethyl adjacent to an activating group) is 1. The Bertz CT molecular complexity index is 1270. The monoisotopic (exact) mass is 552 g/mol. The minimum Gasteiger partial charge on any atom is -0.389 e. The summed E-state index contributed by atoms with van der Waals surface area (Å²) >= 11 is 0. The number of hydrogen-bond acceptors (Lipinski definition) is 8. The maximum absolute atomic E-state index is 13.1. The molecule has 0 bridgehead atoms. The molecule has 0 fully saturated rings. The van der Waals surface area contributed by atoms with Crippen LogP contribution in [0.3, 0.4) is 0 Å². The van der Waals surface area contributed by atoms with E-state index in [2.05, 4.69) is 20.6 Å². The Morgan fingerprint density at radius 3 is 2.54 bits per heavy atom. The highest BCUT2D eigenvalue weighted by Crippen LogP contribution is 2.24. The zero-order valence-electron chi connectivity index (χ0n) is 21.4. The van der Waals surface area contributed by atoms with Crippen molar-refractivity contribution < 1.29 is 14.0 Å². The van der Waals surface area contributed by atoms with E-state index in [0.717, 1.165) is 5.69 Å². The van der Waals surface area contributed by atoms with Crippen LogP contribution < -0.4 is 22.0 Å². The lowest BCUT2D eigenvalue weighted by atomic mass is 10.0. The number of aromatic nitrogens is 2.